The summed E-state index contributed by atoms with van der Waals surface area (Å²) in [5.41, 5.74) is -0.324. The fourth-order valence-electron chi connectivity index (χ4n) is 6.44. The monoisotopic (exact) mass is 460 g/mol. The summed E-state index contributed by atoms with van der Waals surface area (Å²) in [5.74, 6) is -3.10. The second kappa shape index (κ2) is 10.5. The van der Waals surface area contributed by atoms with Crippen molar-refractivity contribution in [1.29, 1.82) is 0 Å². The van der Waals surface area contributed by atoms with Gasteiger partial charge in [-0.15, -0.1) is 0 Å². The molecule has 5 heteroatoms. The molecular formula is C28H35F3O2. The molecule has 33 heavy (non-hydrogen) atoms. The minimum atomic E-state index is -1.56. The number of aromatic carboxylic acids is 1. The number of unbranched alkanes of at least 4 members (excludes halogenated alkanes) is 4. The van der Waals surface area contributed by atoms with Gasteiger partial charge in [-0.3, -0.25) is 0 Å². The average molecular weight is 461 g/mol. The van der Waals surface area contributed by atoms with Crippen LogP contribution in [0.1, 0.15) is 106 Å². The number of halogens is 3. The number of rotatable bonds is 8. The third-order valence-electron chi connectivity index (χ3n) is 8.26. The molecule has 4 atom stereocenters. The van der Waals surface area contributed by atoms with E-state index in [1.807, 2.05) is 0 Å². The van der Waals surface area contributed by atoms with Gasteiger partial charge in [-0.05, 0) is 72.8 Å². The molecule has 2 saturated carbocycles. The summed E-state index contributed by atoms with van der Waals surface area (Å²) in [6.07, 6.45) is 14.5. The molecule has 2 fully saturated rings. The highest BCUT2D eigenvalue weighted by molar-refractivity contribution is 5.95. The zero-order chi connectivity index (χ0) is 23.5. The van der Waals surface area contributed by atoms with Crippen molar-refractivity contribution < 1.29 is 23.1 Å². The van der Waals surface area contributed by atoms with Gasteiger partial charge in [0.25, 0.3) is 0 Å². The first-order chi connectivity index (χ1) is 15.9. The second-order valence-corrected chi connectivity index (χ2v) is 10.3. The van der Waals surface area contributed by atoms with Crippen LogP contribution in [-0.4, -0.2) is 11.1 Å². The molecule has 0 amide bonds. The van der Waals surface area contributed by atoms with Crippen LogP contribution >= 0.6 is 0 Å². The van der Waals surface area contributed by atoms with E-state index >= 15 is 4.39 Å². The van der Waals surface area contributed by atoms with Gasteiger partial charge in [-0.25, -0.2) is 18.0 Å². The van der Waals surface area contributed by atoms with Gasteiger partial charge >= 0.3 is 5.97 Å². The normalized spacial score (nSPS) is 25.2. The maximum absolute atomic E-state index is 15.4. The lowest BCUT2D eigenvalue weighted by molar-refractivity contribution is 0.0691. The Morgan fingerprint density at radius 2 is 1.64 bits per heavy atom. The first-order valence-electron chi connectivity index (χ1n) is 12.7. The third kappa shape index (κ3) is 5.07. The smallest absolute Gasteiger partial charge is 0.338 e. The molecule has 0 saturated heterocycles. The Labute approximate surface area is 194 Å². The van der Waals surface area contributed by atoms with Gasteiger partial charge in [-0.2, -0.15) is 0 Å². The molecule has 0 bridgehead atoms. The van der Waals surface area contributed by atoms with E-state index in [2.05, 4.69) is 6.92 Å². The summed E-state index contributed by atoms with van der Waals surface area (Å²) >= 11 is 0. The van der Waals surface area contributed by atoms with Crippen molar-refractivity contribution in [2.45, 2.75) is 89.9 Å². The predicted octanol–water partition coefficient (Wildman–Crippen LogP) is 8.62. The molecule has 0 aromatic heterocycles. The third-order valence-corrected chi connectivity index (χ3v) is 8.26. The lowest BCUT2D eigenvalue weighted by atomic mass is 9.63. The minimum Gasteiger partial charge on any atom is -0.478 e. The number of carboxylic acid groups (broad SMARTS) is 1. The maximum Gasteiger partial charge on any atom is 0.338 e. The second-order valence-electron chi connectivity index (χ2n) is 10.3. The van der Waals surface area contributed by atoms with Crippen LogP contribution < -0.4 is 0 Å². The highest BCUT2D eigenvalue weighted by Crippen LogP contribution is 2.49. The molecule has 0 heterocycles. The van der Waals surface area contributed by atoms with Crippen molar-refractivity contribution in [2.75, 3.05) is 0 Å². The van der Waals surface area contributed by atoms with Crippen LogP contribution in [0.2, 0.25) is 0 Å². The molecule has 0 radical (unpaired) electrons. The van der Waals surface area contributed by atoms with Gasteiger partial charge in [0.2, 0.25) is 0 Å². The van der Waals surface area contributed by atoms with Crippen molar-refractivity contribution in [3.05, 3.63) is 46.8 Å². The molecule has 0 spiro atoms. The SMILES string of the molecule is CCCCCCCC1CCC2CC(c3ccc4cc(C(=O)O)c(F)c(F)c4c3F)CCC2C1. The van der Waals surface area contributed by atoms with Gasteiger partial charge in [0, 0.05) is 0 Å². The Hall–Kier alpha value is -2.04. The lowest BCUT2D eigenvalue weighted by Crippen LogP contribution is -2.30. The Morgan fingerprint density at radius 3 is 2.39 bits per heavy atom. The van der Waals surface area contributed by atoms with E-state index in [1.165, 1.54) is 63.9 Å². The van der Waals surface area contributed by atoms with Crippen LogP contribution in [-0.2, 0) is 0 Å². The molecule has 4 unspecified atom stereocenters. The van der Waals surface area contributed by atoms with Crippen LogP contribution in [0.3, 0.4) is 0 Å². The number of carbonyl (C=O) groups is 1. The molecule has 2 aliphatic carbocycles. The Bertz CT molecular complexity index is 1000. The molecular weight excluding hydrogens is 425 g/mol. The van der Waals surface area contributed by atoms with E-state index in [0.29, 0.717) is 17.4 Å². The molecule has 2 nitrogen and oxygen atoms in total. The molecule has 0 aliphatic heterocycles. The Morgan fingerprint density at radius 1 is 0.909 bits per heavy atom. The summed E-state index contributed by atoms with van der Waals surface area (Å²) in [6, 6.07) is 4.20. The van der Waals surface area contributed by atoms with Crippen LogP contribution in [0, 0.1) is 35.2 Å². The fourth-order valence-corrected chi connectivity index (χ4v) is 6.44. The van der Waals surface area contributed by atoms with Gasteiger partial charge in [0.05, 0.1) is 10.9 Å². The van der Waals surface area contributed by atoms with Crippen molar-refractivity contribution in [2.24, 2.45) is 17.8 Å². The quantitative estimate of drug-likeness (QED) is 0.400. The lowest BCUT2D eigenvalue weighted by Gasteiger charge is -2.42. The standard InChI is InChI=1S/C28H35F3O2/c1-2-3-4-5-6-7-17-8-9-19-15-20(11-10-18(19)14-17)22-13-12-21-16-23(28(32)33)26(30)27(31)24(21)25(22)29/h12-13,16-20H,2-11,14-15H2,1H3,(H,32,33). The van der Waals surface area contributed by atoms with Crippen LogP contribution in [0.15, 0.2) is 18.2 Å². The van der Waals surface area contributed by atoms with Gasteiger partial charge in [-0.1, -0.05) is 64.0 Å². The van der Waals surface area contributed by atoms with E-state index in [0.717, 1.165) is 31.2 Å². The first-order valence-corrected chi connectivity index (χ1v) is 12.7. The van der Waals surface area contributed by atoms with E-state index in [1.54, 1.807) is 6.07 Å². The maximum atomic E-state index is 15.4. The van der Waals surface area contributed by atoms with Crippen LogP contribution in [0.4, 0.5) is 13.2 Å². The van der Waals surface area contributed by atoms with Gasteiger partial charge in [0.15, 0.2) is 11.6 Å². The number of benzene rings is 2. The molecule has 4 rings (SSSR count). The fraction of sp³-hybridized carbons (Fsp3) is 0.607. The van der Waals surface area contributed by atoms with E-state index in [-0.39, 0.29) is 11.3 Å². The zero-order valence-electron chi connectivity index (χ0n) is 19.5. The Kier molecular flexibility index (Phi) is 7.65. The molecule has 2 aromatic rings. The molecule has 1 N–H and O–H groups in total. The summed E-state index contributed by atoms with van der Waals surface area (Å²) < 4.78 is 44.2. The highest BCUT2D eigenvalue weighted by Gasteiger charge is 2.37. The summed E-state index contributed by atoms with van der Waals surface area (Å²) in [7, 11) is 0. The zero-order valence-corrected chi connectivity index (χ0v) is 19.5. The number of hydrogen-bond acceptors (Lipinski definition) is 1. The molecule has 180 valence electrons. The summed E-state index contributed by atoms with van der Waals surface area (Å²) in [6.45, 7) is 2.24. The Balaban J connectivity index is 1.44. The number of fused-ring (bicyclic) bond motifs is 2. The predicted molar refractivity (Wildman–Crippen MR) is 125 cm³/mol. The summed E-state index contributed by atoms with van der Waals surface area (Å²) in [5, 5.41) is 8.74. The van der Waals surface area contributed by atoms with E-state index < -0.39 is 34.4 Å². The van der Waals surface area contributed by atoms with Crippen molar-refractivity contribution in [3.63, 3.8) is 0 Å². The first kappa shape index (κ1) is 24.1. The van der Waals surface area contributed by atoms with Crippen molar-refractivity contribution >= 4 is 16.7 Å². The summed E-state index contributed by atoms with van der Waals surface area (Å²) in [4.78, 5) is 11.2. The van der Waals surface area contributed by atoms with Crippen molar-refractivity contribution in [1.82, 2.24) is 0 Å². The van der Waals surface area contributed by atoms with E-state index in [4.69, 9.17) is 5.11 Å². The van der Waals surface area contributed by atoms with Crippen LogP contribution in [0.5, 0.6) is 0 Å². The number of carboxylic acids is 1. The average Bonchev–Trinajstić information content (AvgIpc) is 2.80. The molecule has 2 aliphatic rings. The van der Waals surface area contributed by atoms with Gasteiger partial charge in [0.1, 0.15) is 5.82 Å². The van der Waals surface area contributed by atoms with Crippen molar-refractivity contribution in [3.8, 4) is 0 Å². The van der Waals surface area contributed by atoms with E-state index in [9.17, 15) is 13.6 Å². The largest absolute Gasteiger partial charge is 0.478 e. The number of hydrogen-bond donors (Lipinski definition) is 1. The van der Waals surface area contributed by atoms with Gasteiger partial charge < -0.3 is 5.11 Å². The highest BCUT2D eigenvalue weighted by atomic mass is 19.2. The molecule has 2 aromatic carbocycles. The minimum absolute atomic E-state index is 0.00264. The van der Waals surface area contributed by atoms with Crippen LogP contribution in [0.25, 0.3) is 10.8 Å². The topological polar surface area (TPSA) is 37.3 Å².